The molecular weight excluding hydrogens is 265 g/mol. The number of hydrogen-bond acceptors (Lipinski definition) is 2. The van der Waals surface area contributed by atoms with Gasteiger partial charge in [0.05, 0.1) is 0 Å². The van der Waals surface area contributed by atoms with Gasteiger partial charge in [-0.2, -0.15) is 0 Å². The lowest BCUT2D eigenvalue weighted by atomic mass is 9.93. The van der Waals surface area contributed by atoms with Gasteiger partial charge in [0.1, 0.15) is 17.7 Å². The zero-order valence-electron chi connectivity index (χ0n) is 13.3. The minimum atomic E-state index is -0.215. The molecule has 0 saturated heterocycles. The molecule has 3 heteroatoms. The second-order valence-electron chi connectivity index (χ2n) is 5.97. The fraction of sp³-hybridized carbons (Fsp3) is 0.667. The third kappa shape index (κ3) is 4.70. The number of halogens is 1. The number of ether oxygens (including phenoxy) is 1. The molecule has 0 aromatic heterocycles. The maximum Gasteiger partial charge on any atom is 0.127 e. The Kier molecular flexibility index (Phi) is 6.50. The van der Waals surface area contributed by atoms with Crippen molar-refractivity contribution in [1.82, 2.24) is 5.32 Å². The first-order valence-corrected chi connectivity index (χ1v) is 8.44. The Bertz CT molecular complexity index is 435. The molecule has 118 valence electrons. The van der Waals surface area contributed by atoms with Crippen LogP contribution in [-0.2, 0) is 0 Å². The van der Waals surface area contributed by atoms with Crippen LogP contribution in [0.15, 0.2) is 18.2 Å². The largest absolute Gasteiger partial charge is 0.490 e. The van der Waals surface area contributed by atoms with Gasteiger partial charge < -0.3 is 10.1 Å². The van der Waals surface area contributed by atoms with Gasteiger partial charge in [0.2, 0.25) is 0 Å². The molecule has 2 unspecified atom stereocenters. The molecule has 2 nitrogen and oxygen atoms in total. The van der Waals surface area contributed by atoms with E-state index in [1.807, 2.05) is 6.07 Å². The Morgan fingerprint density at radius 2 is 2.00 bits per heavy atom. The SMILES string of the molecule is CCCCCCCC1CC(NCC)c2ccc(F)cc2O1. The Morgan fingerprint density at radius 3 is 2.76 bits per heavy atom. The van der Waals surface area contributed by atoms with E-state index in [0.717, 1.165) is 30.7 Å². The number of fused-ring (bicyclic) bond motifs is 1. The maximum atomic E-state index is 13.4. The summed E-state index contributed by atoms with van der Waals surface area (Å²) >= 11 is 0. The molecule has 1 heterocycles. The lowest BCUT2D eigenvalue weighted by Gasteiger charge is -2.32. The van der Waals surface area contributed by atoms with Crippen molar-refractivity contribution >= 4 is 0 Å². The highest BCUT2D eigenvalue weighted by atomic mass is 19.1. The smallest absolute Gasteiger partial charge is 0.127 e. The predicted molar refractivity (Wildman–Crippen MR) is 85.2 cm³/mol. The average molecular weight is 293 g/mol. The van der Waals surface area contributed by atoms with Crippen LogP contribution < -0.4 is 10.1 Å². The molecule has 21 heavy (non-hydrogen) atoms. The Balaban J connectivity index is 1.93. The van der Waals surface area contributed by atoms with Crippen molar-refractivity contribution in [2.45, 2.75) is 70.9 Å². The summed E-state index contributed by atoms with van der Waals surface area (Å²) < 4.78 is 19.4. The third-order valence-electron chi connectivity index (χ3n) is 4.22. The van der Waals surface area contributed by atoms with E-state index in [-0.39, 0.29) is 11.9 Å². The highest BCUT2D eigenvalue weighted by molar-refractivity contribution is 5.38. The van der Waals surface area contributed by atoms with Gasteiger partial charge in [-0.1, -0.05) is 45.6 Å². The molecule has 0 fully saturated rings. The van der Waals surface area contributed by atoms with Crippen LogP contribution in [0.25, 0.3) is 0 Å². The molecule has 1 N–H and O–H groups in total. The van der Waals surface area contributed by atoms with Crippen LogP contribution in [0, 0.1) is 5.82 Å². The van der Waals surface area contributed by atoms with Crippen molar-refractivity contribution in [1.29, 1.82) is 0 Å². The third-order valence-corrected chi connectivity index (χ3v) is 4.22. The van der Waals surface area contributed by atoms with E-state index in [1.54, 1.807) is 0 Å². The molecular formula is C18H28FNO. The van der Waals surface area contributed by atoms with E-state index in [0.29, 0.717) is 6.04 Å². The number of hydrogen-bond donors (Lipinski definition) is 1. The van der Waals surface area contributed by atoms with Crippen molar-refractivity contribution in [3.63, 3.8) is 0 Å². The van der Waals surface area contributed by atoms with E-state index in [1.165, 1.54) is 44.2 Å². The van der Waals surface area contributed by atoms with Gasteiger partial charge >= 0.3 is 0 Å². The number of benzene rings is 1. The highest BCUT2D eigenvalue weighted by Crippen LogP contribution is 2.36. The first-order valence-electron chi connectivity index (χ1n) is 8.44. The van der Waals surface area contributed by atoms with Gasteiger partial charge in [0.25, 0.3) is 0 Å². The summed E-state index contributed by atoms with van der Waals surface area (Å²) in [5, 5.41) is 3.50. The molecule has 0 aliphatic carbocycles. The number of rotatable bonds is 8. The lowest BCUT2D eigenvalue weighted by Crippen LogP contribution is -2.33. The molecule has 1 aliphatic rings. The molecule has 0 spiro atoms. The van der Waals surface area contributed by atoms with Crippen LogP contribution >= 0.6 is 0 Å². The average Bonchev–Trinajstić information content (AvgIpc) is 2.47. The normalized spacial score (nSPS) is 20.9. The van der Waals surface area contributed by atoms with E-state index in [2.05, 4.69) is 19.2 Å². The van der Waals surface area contributed by atoms with Gasteiger partial charge in [0.15, 0.2) is 0 Å². The molecule has 0 radical (unpaired) electrons. The van der Waals surface area contributed by atoms with Crippen molar-refractivity contribution in [2.75, 3.05) is 6.54 Å². The van der Waals surface area contributed by atoms with Crippen LogP contribution in [-0.4, -0.2) is 12.6 Å². The number of nitrogens with one attached hydrogen (secondary N) is 1. The predicted octanol–water partition coefficient (Wildman–Crippen LogP) is 4.99. The van der Waals surface area contributed by atoms with Gasteiger partial charge in [0, 0.05) is 24.1 Å². The fourth-order valence-corrected chi connectivity index (χ4v) is 3.11. The topological polar surface area (TPSA) is 21.3 Å². The van der Waals surface area contributed by atoms with Crippen LogP contribution in [0.2, 0.25) is 0 Å². The van der Waals surface area contributed by atoms with Gasteiger partial charge in [-0.05, 0) is 25.5 Å². The minimum Gasteiger partial charge on any atom is -0.490 e. The van der Waals surface area contributed by atoms with Gasteiger partial charge in [-0.25, -0.2) is 4.39 Å². The quantitative estimate of drug-likeness (QED) is 0.682. The van der Waals surface area contributed by atoms with Crippen LogP contribution in [0.3, 0.4) is 0 Å². The summed E-state index contributed by atoms with van der Waals surface area (Å²) in [6, 6.07) is 5.20. The van der Waals surface area contributed by atoms with Crippen molar-refractivity contribution in [3.05, 3.63) is 29.6 Å². The monoisotopic (exact) mass is 293 g/mol. The summed E-state index contributed by atoms with van der Waals surface area (Å²) in [6.45, 7) is 5.26. The fourth-order valence-electron chi connectivity index (χ4n) is 3.11. The Labute approximate surface area is 128 Å². The summed E-state index contributed by atoms with van der Waals surface area (Å²) in [4.78, 5) is 0. The van der Waals surface area contributed by atoms with E-state index >= 15 is 0 Å². The standard InChI is InChI=1S/C18H28FNO/c1-3-5-6-7-8-9-15-13-17(20-4-2)16-11-10-14(19)12-18(16)21-15/h10-12,15,17,20H,3-9,13H2,1-2H3. The second kappa shape index (κ2) is 8.38. The van der Waals surface area contributed by atoms with E-state index < -0.39 is 0 Å². The van der Waals surface area contributed by atoms with E-state index in [9.17, 15) is 4.39 Å². The molecule has 2 atom stereocenters. The number of unbranched alkanes of at least 4 members (excludes halogenated alkanes) is 4. The molecule has 0 amide bonds. The van der Waals surface area contributed by atoms with Crippen LogP contribution in [0.4, 0.5) is 4.39 Å². The van der Waals surface area contributed by atoms with Crippen LogP contribution in [0.1, 0.15) is 70.4 Å². The highest BCUT2D eigenvalue weighted by Gasteiger charge is 2.27. The Hall–Kier alpha value is -1.09. The molecule has 1 aliphatic heterocycles. The van der Waals surface area contributed by atoms with E-state index in [4.69, 9.17) is 4.74 Å². The first kappa shape index (κ1) is 16.3. The first-order chi connectivity index (χ1) is 10.2. The van der Waals surface area contributed by atoms with Gasteiger partial charge in [-0.3, -0.25) is 0 Å². The minimum absolute atomic E-state index is 0.213. The summed E-state index contributed by atoms with van der Waals surface area (Å²) in [7, 11) is 0. The summed E-state index contributed by atoms with van der Waals surface area (Å²) in [6.07, 6.45) is 8.65. The van der Waals surface area contributed by atoms with Crippen LogP contribution in [0.5, 0.6) is 5.75 Å². The molecule has 1 aromatic carbocycles. The summed E-state index contributed by atoms with van der Waals surface area (Å²) in [5.41, 5.74) is 1.10. The van der Waals surface area contributed by atoms with Crippen molar-refractivity contribution in [3.8, 4) is 5.75 Å². The summed E-state index contributed by atoms with van der Waals surface area (Å²) in [5.74, 6) is 0.512. The zero-order chi connectivity index (χ0) is 15.1. The molecule has 0 bridgehead atoms. The molecule has 0 saturated carbocycles. The van der Waals surface area contributed by atoms with Crippen molar-refractivity contribution < 1.29 is 9.13 Å². The lowest BCUT2D eigenvalue weighted by molar-refractivity contribution is 0.137. The van der Waals surface area contributed by atoms with Gasteiger partial charge in [-0.15, -0.1) is 0 Å². The molecule has 2 rings (SSSR count). The Morgan fingerprint density at radius 1 is 1.19 bits per heavy atom. The van der Waals surface area contributed by atoms with Crippen molar-refractivity contribution in [2.24, 2.45) is 0 Å². The maximum absolute atomic E-state index is 13.4. The second-order valence-corrected chi connectivity index (χ2v) is 5.97. The zero-order valence-corrected chi connectivity index (χ0v) is 13.3. The molecule has 1 aromatic rings.